The lowest BCUT2D eigenvalue weighted by atomic mass is 9.86. The predicted molar refractivity (Wildman–Crippen MR) is 54.2 cm³/mol. The van der Waals surface area contributed by atoms with Gasteiger partial charge in [0.15, 0.2) is 0 Å². The first-order valence-electron chi connectivity index (χ1n) is 4.51. The third kappa shape index (κ3) is 2.29. The van der Waals surface area contributed by atoms with Gasteiger partial charge in [0.1, 0.15) is 0 Å². The van der Waals surface area contributed by atoms with Crippen molar-refractivity contribution in [3.63, 3.8) is 0 Å². The summed E-state index contributed by atoms with van der Waals surface area (Å²) in [6.45, 7) is 6.09. The minimum absolute atomic E-state index is 0.290. The second-order valence-corrected chi connectivity index (χ2v) is 3.85. The molecule has 0 aliphatic rings. The van der Waals surface area contributed by atoms with E-state index < -0.39 is 0 Å². The first-order valence-corrected chi connectivity index (χ1v) is 4.51. The van der Waals surface area contributed by atoms with Gasteiger partial charge in [0.05, 0.1) is 5.60 Å². The molecule has 2 heteroatoms. The minimum Gasteiger partial charge on any atom is -0.298 e. The molecule has 1 aromatic rings. The van der Waals surface area contributed by atoms with E-state index >= 15 is 0 Å². The lowest BCUT2D eigenvalue weighted by molar-refractivity contribution is -0.0359. The highest BCUT2D eigenvalue weighted by Crippen LogP contribution is 2.28. The van der Waals surface area contributed by atoms with Crippen LogP contribution in [0.2, 0.25) is 0 Å². The van der Waals surface area contributed by atoms with Crippen molar-refractivity contribution in [3.8, 4) is 0 Å². The summed E-state index contributed by atoms with van der Waals surface area (Å²) in [7, 11) is 0. The second kappa shape index (κ2) is 3.90. The lowest BCUT2D eigenvalue weighted by Gasteiger charge is -2.29. The maximum absolute atomic E-state index is 5.24. The third-order valence-electron chi connectivity index (χ3n) is 2.65. The first kappa shape index (κ1) is 10.2. The molecule has 13 heavy (non-hydrogen) atoms. The molecule has 72 valence electrons. The molecule has 0 spiro atoms. The molecule has 1 unspecified atom stereocenters. The zero-order valence-electron chi connectivity index (χ0n) is 8.45. The van der Waals surface area contributed by atoms with Gasteiger partial charge in [-0.1, -0.05) is 37.3 Å². The molecule has 1 atom stereocenters. The molecule has 0 bridgehead atoms. The Hall–Kier alpha value is -0.860. The van der Waals surface area contributed by atoms with Crippen LogP contribution in [-0.2, 0) is 4.84 Å². The lowest BCUT2D eigenvalue weighted by Crippen LogP contribution is -2.33. The van der Waals surface area contributed by atoms with Gasteiger partial charge >= 0.3 is 0 Å². The summed E-state index contributed by atoms with van der Waals surface area (Å²) in [4.78, 5) is 4.95. The smallest absolute Gasteiger partial charge is 0.0903 e. The Morgan fingerprint density at radius 1 is 1.23 bits per heavy atom. The van der Waals surface area contributed by atoms with Gasteiger partial charge in [-0.25, -0.2) is 5.90 Å². The molecular weight excluding hydrogens is 162 g/mol. The normalized spacial score (nSPS) is 14.2. The van der Waals surface area contributed by atoms with Crippen LogP contribution in [0, 0.1) is 0 Å². The monoisotopic (exact) mass is 179 g/mol. The average Bonchev–Trinajstić information content (AvgIpc) is 2.18. The van der Waals surface area contributed by atoms with Crippen molar-refractivity contribution in [2.24, 2.45) is 5.90 Å². The fourth-order valence-electron chi connectivity index (χ4n) is 1.25. The molecule has 0 fully saturated rings. The van der Waals surface area contributed by atoms with E-state index in [4.69, 9.17) is 10.7 Å². The van der Waals surface area contributed by atoms with E-state index in [1.165, 1.54) is 5.56 Å². The fraction of sp³-hybridized carbons (Fsp3) is 0.455. The van der Waals surface area contributed by atoms with Gasteiger partial charge in [0.2, 0.25) is 0 Å². The van der Waals surface area contributed by atoms with E-state index in [0.29, 0.717) is 5.92 Å². The molecule has 1 rings (SSSR count). The van der Waals surface area contributed by atoms with E-state index in [2.05, 4.69) is 19.1 Å². The van der Waals surface area contributed by atoms with Crippen molar-refractivity contribution in [1.82, 2.24) is 0 Å². The van der Waals surface area contributed by atoms with Gasteiger partial charge in [0.25, 0.3) is 0 Å². The van der Waals surface area contributed by atoms with Crippen LogP contribution in [0.4, 0.5) is 0 Å². The molecule has 2 N–H and O–H groups in total. The summed E-state index contributed by atoms with van der Waals surface area (Å²) >= 11 is 0. The van der Waals surface area contributed by atoms with Crippen LogP contribution < -0.4 is 5.90 Å². The number of hydrogen-bond donors (Lipinski definition) is 1. The van der Waals surface area contributed by atoms with Crippen LogP contribution in [0.1, 0.15) is 32.3 Å². The number of hydrogen-bond acceptors (Lipinski definition) is 2. The minimum atomic E-state index is -0.318. The van der Waals surface area contributed by atoms with Crippen molar-refractivity contribution in [2.45, 2.75) is 32.3 Å². The summed E-state index contributed by atoms with van der Waals surface area (Å²) in [5, 5.41) is 0. The van der Waals surface area contributed by atoms with Crippen molar-refractivity contribution in [2.75, 3.05) is 0 Å². The second-order valence-electron chi connectivity index (χ2n) is 3.85. The standard InChI is InChI=1S/C11H17NO/c1-9(11(2,3)13-12)10-7-5-4-6-8-10/h4-9H,12H2,1-3H3. The Labute approximate surface area is 79.7 Å². The molecule has 0 saturated carbocycles. The van der Waals surface area contributed by atoms with Crippen molar-refractivity contribution in [1.29, 1.82) is 0 Å². The summed E-state index contributed by atoms with van der Waals surface area (Å²) in [5.41, 5.74) is 0.930. The molecule has 0 saturated heterocycles. The highest BCUT2D eigenvalue weighted by molar-refractivity contribution is 5.21. The van der Waals surface area contributed by atoms with Gasteiger partial charge in [-0.15, -0.1) is 0 Å². The molecule has 0 radical (unpaired) electrons. The quantitative estimate of drug-likeness (QED) is 0.723. The highest BCUT2D eigenvalue weighted by Gasteiger charge is 2.27. The number of benzene rings is 1. The van der Waals surface area contributed by atoms with Crippen LogP contribution >= 0.6 is 0 Å². The predicted octanol–water partition coefficient (Wildman–Crippen LogP) is 2.46. The summed E-state index contributed by atoms with van der Waals surface area (Å²) < 4.78 is 0. The average molecular weight is 179 g/mol. The fourth-order valence-corrected chi connectivity index (χ4v) is 1.25. The Morgan fingerprint density at radius 3 is 2.23 bits per heavy atom. The SMILES string of the molecule is CC(c1ccccc1)C(C)(C)ON. The van der Waals surface area contributed by atoms with Crippen LogP contribution in [0.15, 0.2) is 30.3 Å². The van der Waals surface area contributed by atoms with Gasteiger partial charge in [-0.3, -0.25) is 4.84 Å². The van der Waals surface area contributed by atoms with Crippen LogP contribution in [0.25, 0.3) is 0 Å². The molecule has 0 heterocycles. The van der Waals surface area contributed by atoms with Crippen LogP contribution in [0.5, 0.6) is 0 Å². The van der Waals surface area contributed by atoms with E-state index in [0.717, 1.165) is 0 Å². The maximum atomic E-state index is 5.24. The molecule has 0 aliphatic heterocycles. The Kier molecular flexibility index (Phi) is 3.07. The molecule has 0 aliphatic carbocycles. The van der Waals surface area contributed by atoms with Gasteiger partial charge in [-0.2, -0.15) is 0 Å². The largest absolute Gasteiger partial charge is 0.298 e. The van der Waals surface area contributed by atoms with Gasteiger partial charge in [0, 0.05) is 5.92 Å². The number of rotatable bonds is 3. The van der Waals surface area contributed by atoms with E-state index in [9.17, 15) is 0 Å². The zero-order chi connectivity index (χ0) is 9.90. The highest BCUT2D eigenvalue weighted by atomic mass is 16.6. The van der Waals surface area contributed by atoms with Crippen LogP contribution in [-0.4, -0.2) is 5.60 Å². The summed E-state index contributed by atoms with van der Waals surface area (Å²) in [5.74, 6) is 5.54. The Balaban J connectivity index is 2.85. The molecular formula is C11H17NO. The van der Waals surface area contributed by atoms with Crippen molar-refractivity contribution in [3.05, 3.63) is 35.9 Å². The van der Waals surface area contributed by atoms with E-state index in [1.54, 1.807) is 0 Å². The molecule has 2 nitrogen and oxygen atoms in total. The molecule has 1 aromatic carbocycles. The van der Waals surface area contributed by atoms with Crippen LogP contribution in [0.3, 0.4) is 0 Å². The summed E-state index contributed by atoms with van der Waals surface area (Å²) in [6.07, 6.45) is 0. The van der Waals surface area contributed by atoms with Crippen molar-refractivity contribution >= 4 is 0 Å². The van der Waals surface area contributed by atoms with E-state index in [-0.39, 0.29) is 5.60 Å². The summed E-state index contributed by atoms with van der Waals surface area (Å²) in [6, 6.07) is 10.2. The topological polar surface area (TPSA) is 35.2 Å². The third-order valence-corrected chi connectivity index (χ3v) is 2.65. The Morgan fingerprint density at radius 2 is 1.77 bits per heavy atom. The van der Waals surface area contributed by atoms with E-state index in [1.807, 2.05) is 32.0 Å². The zero-order valence-corrected chi connectivity index (χ0v) is 8.45. The molecule has 0 amide bonds. The number of nitrogens with two attached hydrogens (primary N) is 1. The molecule has 0 aromatic heterocycles. The van der Waals surface area contributed by atoms with Crippen molar-refractivity contribution < 1.29 is 4.84 Å². The van der Waals surface area contributed by atoms with Gasteiger partial charge < -0.3 is 0 Å². The maximum Gasteiger partial charge on any atom is 0.0903 e. The first-order chi connectivity index (χ1) is 6.08. The Bertz CT molecular complexity index is 256. The van der Waals surface area contributed by atoms with Gasteiger partial charge in [-0.05, 0) is 19.4 Å².